The summed E-state index contributed by atoms with van der Waals surface area (Å²) in [4.78, 5) is 5.56. The van der Waals surface area contributed by atoms with Gasteiger partial charge < -0.3 is 5.32 Å². The van der Waals surface area contributed by atoms with E-state index >= 15 is 0 Å². The molecule has 0 atom stereocenters. The van der Waals surface area contributed by atoms with Gasteiger partial charge in [0, 0.05) is 22.8 Å². The molecule has 1 aromatic heterocycles. The van der Waals surface area contributed by atoms with E-state index < -0.39 is 0 Å². The predicted octanol–water partition coefficient (Wildman–Crippen LogP) is 3.19. The molecule has 102 valence electrons. The molecule has 1 aliphatic rings. The van der Waals surface area contributed by atoms with Crippen LogP contribution in [0.15, 0.2) is 6.07 Å². The van der Waals surface area contributed by atoms with Gasteiger partial charge in [0.2, 0.25) is 0 Å². The predicted molar refractivity (Wildman–Crippen MR) is 80.3 cm³/mol. The van der Waals surface area contributed by atoms with Crippen molar-refractivity contribution in [2.24, 2.45) is 5.92 Å². The summed E-state index contributed by atoms with van der Waals surface area (Å²) < 4.78 is 0. The van der Waals surface area contributed by atoms with Gasteiger partial charge in [-0.15, -0.1) is 11.3 Å². The Morgan fingerprint density at radius 1 is 1.33 bits per heavy atom. The number of rotatable bonds is 5. The van der Waals surface area contributed by atoms with Crippen LogP contribution in [0.1, 0.15) is 35.1 Å². The van der Waals surface area contributed by atoms with Crippen molar-refractivity contribution in [2.45, 2.75) is 40.2 Å². The number of nitrogens with one attached hydrogen (secondary N) is 1. The molecule has 0 aromatic carbocycles. The molecule has 0 saturated carbocycles. The summed E-state index contributed by atoms with van der Waals surface area (Å²) in [5, 5.41) is 3.45. The molecule has 0 unspecified atom stereocenters. The van der Waals surface area contributed by atoms with Gasteiger partial charge in [-0.3, -0.25) is 4.90 Å². The Bertz CT molecular complexity index is 367. The molecule has 1 fully saturated rings. The summed E-state index contributed by atoms with van der Waals surface area (Å²) in [5.74, 6) is 0.895. The lowest BCUT2D eigenvalue weighted by Gasteiger charge is -2.29. The Labute approximate surface area is 115 Å². The number of hydrogen-bond donors (Lipinski definition) is 1. The Morgan fingerprint density at radius 3 is 2.61 bits per heavy atom. The first-order valence-corrected chi connectivity index (χ1v) is 7.99. The van der Waals surface area contributed by atoms with Gasteiger partial charge in [-0.2, -0.15) is 0 Å². The van der Waals surface area contributed by atoms with Crippen LogP contribution in [-0.2, 0) is 6.54 Å². The maximum absolute atomic E-state index is 3.45. The lowest BCUT2D eigenvalue weighted by molar-refractivity contribution is 0.207. The minimum Gasteiger partial charge on any atom is -0.317 e. The summed E-state index contributed by atoms with van der Waals surface area (Å²) >= 11 is 1.93. The van der Waals surface area contributed by atoms with Crippen molar-refractivity contribution < 1.29 is 0 Å². The molecule has 2 nitrogen and oxygen atoms in total. The summed E-state index contributed by atoms with van der Waals surface area (Å²) in [7, 11) is 0. The monoisotopic (exact) mass is 266 g/mol. The first-order valence-electron chi connectivity index (χ1n) is 7.18. The second-order valence-corrected chi connectivity index (χ2v) is 6.92. The van der Waals surface area contributed by atoms with Crippen molar-refractivity contribution in [3.05, 3.63) is 21.4 Å². The molecular formula is C15H26N2S. The van der Waals surface area contributed by atoms with Crippen LogP contribution in [-0.4, -0.2) is 31.1 Å². The molecule has 18 heavy (non-hydrogen) atoms. The van der Waals surface area contributed by atoms with Crippen LogP contribution < -0.4 is 5.32 Å². The third kappa shape index (κ3) is 3.81. The second kappa shape index (κ2) is 6.69. The number of thiophene rings is 1. The average Bonchev–Trinajstić information content (AvgIpc) is 2.68. The van der Waals surface area contributed by atoms with Crippen LogP contribution in [0.2, 0.25) is 0 Å². The lowest BCUT2D eigenvalue weighted by Crippen LogP contribution is -2.35. The van der Waals surface area contributed by atoms with E-state index in [0.717, 1.165) is 19.0 Å². The SMILES string of the molecule is CCN(Cc1cc(C)sc1C)CC1CCNCC1. The molecule has 3 heteroatoms. The maximum Gasteiger partial charge on any atom is 0.0244 e. The van der Waals surface area contributed by atoms with Crippen LogP contribution in [0.25, 0.3) is 0 Å². The van der Waals surface area contributed by atoms with Crippen LogP contribution in [0.5, 0.6) is 0 Å². The second-order valence-electron chi connectivity index (χ2n) is 5.46. The van der Waals surface area contributed by atoms with E-state index in [1.165, 1.54) is 47.8 Å². The van der Waals surface area contributed by atoms with E-state index in [4.69, 9.17) is 0 Å². The van der Waals surface area contributed by atoms with E-state index in [1.807, 2.05) is 11.3 Å². The lowest BCUT2D eigenvalue weighted by atomic mass is 9.97. The highest BCUT2D eigenvalue weighted by atomic mass is 32.1. The zero-order valence-corrected chi connectivity index (χ0v) is 12.8. The van der Waals surface area contributed by atoms with Crippen molar-refractivity contribution in [2.75, 3.05) is 26.2 Å². The van der Waals surface area contributed by atoms with E-state index in [0.29, 0.717) is 0 Å². The Morgan fingerprint density at radius 2 is 2.06 bits per heavy atom. The molecule has 1 N–H and O–H groups in total. The largest absolute Gasteiger partial charge is 0.317 e. The molecule has 2 heterocycles. The van der Waals surface area contributed by atoms with E-state index in [9.17, 15) is 0 Å². The van der Waals surface area contributed by atoms with Gasteiger partial charge in [-0.05, 0) is 63.9 Å². The standard InChI is InChI=1S/C15H26N2S/c1-4-17(10-14-5-7-16-8-6-14)11-15-9-12(2)18-13(15)3/h9,14,16H,4-8,10-11H2,1-3H3. The molecule has 0 amide bonds. The maximum atomic E-state index is 3.45. The Hall–Kier alpha value is -0.380. The number of nitrogens with zero attached hydrogens (tertiary/aromatic N) is 1. The van der Waals surface area contributed by atoms with Gasteiger partial charge in [0.1, 0.15) is 0 Å². The molecule has 0 bridgehead atoms. The van der Waals surface area contributed by atoms with Crippen molar-refractivity contribution in [3.63, 3.8) is 0 Å². The van der Waals surface area contributed by atoms with E-state index in [-0.39, 0.29) is 0 Å². The van der Waals surface area contributed by atoms with E-state index in [2.05, 4.69) is 37.1 Å². The molecular weight excluding hydrogens is 240 g/mol. The van der Waals surface area contributed by atoms with Gasteiger partial charge in [0.15, 0.2) is 0 Å². The molecule has 1 aliphatic heterocycles. The van der Waals surface area contributed by atoms with Crippen LogP contribution >= 0.6 is 11.3 Å². The number of aryl methyl sites for hydroxylation is 2. The van der Waals surface area contributed by atoms with E-state index in [1.54, 1.807) is 0 Å². The minimum absolute atomic E-state index is 0.895. The van der Waals surface area contributed by atoms with Crippen LogP contribution in [0.3, 0.4) is 0 Å². The fourth-order valence-electron chi connectivity index (χ4n) is 2.82. The third-order valence-electron chi connectivity index (χ3n) is 3.96. The first-order chi connectivity index (χ1) is 8.69. The zero-order valence-electron chi connectivity index (χ0n) is 12.0. The molecule has 0 aliphatic carbocycles. The fraction of sp³-hybridized carbons (Fsp3) is 0.733. The third-order valence-corrected chi connectivity index (χ3v) is 4.97. The van der Waals surface area contributed by atoms with Gasteiger partial charge in [-0.25, -0.2) is 0 Å². The Kier molecular flexibility index (Phi) is 5.22. The van der Waals surface area contributed by atoms with Crippen LogP contribution in [0.4, 0.5) is 0 Å². The zero-order chi connectivity index (χ0) is 13.0. The molecule has 1 saturated heterocycles. The highest BCUT2D eigenvalue weighted by molar-refractivity contribution is 7.12. The number of piperidine rings is 1. The quantitative estimate of drug-likeness (QED) is 0.880. The van der Waals surface area contributed by atoms with Crippen molar-refractivity contribution in [1.82, 2.24) is 10.2 Å². The normalized spacial score (nSPS) is 17.6. The van der Waals surface area contributed by atoms with Gasteiger partial charge >= 0.3 is 0 Å². The summed E-state index contributed by atoms with van der Waals surface area (Å²) in [5.41, 5.74) is 1.54. The highest BCUT2D eigenvalue weighted by Gasteiger charge is 2.17. The average molecular weight is 266 g/mol. The summed E-state index contributed by atoms with van der Waals surface area (Å²) in [6.07, 6.45) is 2.69. The minimum atomic E-state index is 0.895. The topological polar surface area (TPSA) is 15.3 Å². The molecule has 0 spiro atoms. The number of hydrogen-bond acceptors (Lipinski definition) is 3. The summed E-state index contributed by atoms with van der Waals surface area (Å²) in [6, 6.07) is 2.37. The molecule has 2 rings (SSSR count). The van der Waals surface area contributed by atoms with Crippen LogP contribution in [0, 0.1) is 19.8 Å². The highest BCUT2D eigenvalue weighted by Crippen LogP contribution is 2.23. The van der Waals surface area contributed by atoms with Gasteiger partial charge in [0.25, 0.3) is 0 Å². The first kappa shape index (κ1) is 14.0. The molecule has 0 radical (unpaired) electrons. The van der Waals surface area contributed by atoms with Crippen molar-refractivity contribution >= 4 is 11.3 Å². The van der Waals surface area contributed by atoms with Gasteiger partial charge in [0.05, 0.1) is 0 Å². The smallest absolute Gasteiger partial charge is 0.0244 e. The van der Waals surface area contributed by atoms with Crippen molar-refractivity contribution in [1.29, 1.82) is 0 Å². The summed E-state index contributed by atoms with van der Waals surface area (Å²) in [6.45, 7) is 12.7. The Balaban J connectivity index is 1.90. The van der Waals surface area contributed by atoms with Gasteiger partial charge in [-0.1, -0.05) is 6.92 Å². The molecule has 1 aromatic rings. The van der Waals surface area contributed by atoms with Crippen molar-refractivity contribution in [3.8, 4) is 0 Å². The fourth-order valence-corrected chi connectivity index (χ4v) is 3.75.